The molecule has 1 heterocycles. The van der Waals surface area contributed by atoms with Crippen LogP contribution in [0.3, 0.4) is 0 Å². The molecule has 0 radical (unpaired) electrons. The fourth-order valence-electron chi connectivity index (χ4n) is 2.32. The molecule has 112 valence electrons. The van der Waals surface area contributed by atoms with E-state index in [0.29, 0.717) is 17.5 Å². The van der Waals surface area contributed by atoms with Crippen molar-refractivity contribution in [1.82, 2.24) is 10.3 Å². The summed E-state index contributed by atoms with van der Waals surface area (Å²) in [5.41, 5.74) is 0.241. The molecule has 4 nitrogen and oxygen atoms in total. The highest BCUT2D eigenvalue weighted by molar-refractivity contribution is 6.30. The van der Waals surface area contributed by atoms with E-state index in [4.69, 9.17) is 11.6 Å². The zero-order valence-electron chi connectivity index (χ0n) is 12.2. The topological polar surface area (TPSA) is 62.2 Å². The summed E-state index contributed by atoms with van der Waals surface area (Å²) in [6.45, 7) is 3.91. The number of fused-ring (bicyclic) bond motifs is 1. The number of hydrogen-bond donors (Lipinski definition) is 2. The van der Waals surface area contributed by atoms with Crippen molar-refractivity contribution in [3.63, 3.8) is 0 Å². The van der Waals surface area contributed by atoms with Crippen LogP contribution in [0.1, 0.15) is 37.0 Å². The zero-order valence-corrected chi connectivity index (χ0v) is 12.9. The molecule has 1 atom stereocenters. The minimum Gasteiger partial charge on any atom is -0.388 e. The van der Waals surface area contributed by atoms with Gasteiger partial charge in [-0.1, -0.05) is 43.1 Å². The zero-order chi connectivity index (χ0) is 15.5. The first kappa shape index (κ1) is 15.7. The summed E-state index contributed by atoms with van der Waals surface area (Å²) in [6, 6.07) is 8.89. The van der Waals surface area contributed by atoms with Crippen LogP contribution in [-0.4, -0.2) is 28.1 Å². The van der Waals surface area contributed by atoms with Crippen molar-refractivity contribution >= 4 is 28.4 Å². The molecule has 2 aromatic rings. The van der Waals surface area contributed by atoms with Crippen LogP contribution >= 0.6 is 11.6 Å². The Morgan fingerprint density at radius 2 is 2.14 bits per heavy atom. The molecule has 0 spiro atoms. The van der Waals surface area contributed by atoms with Crippen LogP contribution < -0.4 is 5.32 Å². The number of nitrogens with zero attached hydrogens (tertiary/aromatic N) is 1. The van der Waals surface area contributed by atoms with Crippen molar-refractivity contribution in [2.75, 3.05) is 6.54 Å². The van der Waals surface area contributed by atoms with Crippen molar-refractivity contribution in [2.24, 2.45) is 0 Å². The van der Waals surface area contributed by atoms with Gasteiger partial charge in [0.15, 0.2) is 0 Å². The largest absolute Gasteiger partial charge is 0.388 e. The van der Waals surface area contributed by atoms with Crippen molar-refractivity contribution in [3.05, 3.63) is 41.0 Å². The number of hydrogen-bond acceptors (Lipinski definition) is 3. The van der Waals surface area contributed by atoms with Crippen molar-refractivity contribution in [2.45, 2.75) is 32.3 Å². The SMILES string of the molecule is CCCC(C)(O)CNC(=O)c1cc(Cl)nc2ccccc12. The number of aromatic nitrogens is 1. The summed E-state index contributed by atoms with van der Waals surface area (Å²) in [7, 11) is 0. The molecule has 0 aliphatic carbocycles. The molecule has 0 bridgehead atoms. The van der Waals surface area contributed by atoms with Gasteiger partial charge in [0.1, 0.15) is 5.15 Å². The minimum absolute atomic E-state index is 0.202. The molecule has 1 amide bonds. The number of para-hydroxylation sites is 1. The Bertz CT molecular complexity index is 656. The molecular weight excluding hydrogens is 288 g/mol. The van der Waals surface area contributed by atoms with Gasteiger partial charge in [-0.2, -0.15) is 0 Å². The lowest BCUT2D eigenvalue weighted by atomic mass is 10.0. The number of halogens is 1. The highest BCUT2D eigenvalue weighted by Gasteiger charge is 2.21. The minimum atomic E-state index is -0.906. The Hall–Kier alpha value is -1.65. The van der Waals surface area contributed by atoms with Gasteiger partial charge in [0.05, 0.1) is 16.7 Å². The summed E-state index contributed by atoms with van der Waals surface area (Å²) in [5.74, 6) is -0.258. The second-order valence-corrected chi connectivity index (χ2v) is 5.83. The Kier molecular flexibility index (Phi) is 4.80. The smallest absolute Gasteiger partial charge is 0.252 e. The van der Waals surface area contributed by atoms with Gasteiger partial charge in [-0.25, -0.2) is 4.98 Å². The van der Waals surface area contributed by atoms with Gasteiger partial charge in [-0.3, -0.25) is 4.79 Å². The predicted molar refractivity (Wildman–Crippen MR) is 84.6 cm³/mol. The van der Waals surface area contributed by atoms with Crippen molar-refractivity contribution in [3.8, 4) is 0 Å². The number of rotatable bonds is 5. The third kappa shape index (κ3) is 3.93. The van der Waals surface area contributed by atoms with E-state index < -0.39 is 5.60 Å². The molecule has 2 rings (SSSR count). The second kappa shape index (κ2) is 6.41. The fraction of sp³-hybridized carbons (Fsp3) is 0.375. The van der Waals surface area contributed by atoms with E-state index >= 15 is 0 Å². The van der Waals surface area contributed by atoms with Crippen LogP contribution in [0.25, 0.3) is 10.9 Å². The Morgan fingerprint density at radius 3 is 2.86 bits per heavy atom. The summed E-state index contributed by atoms with van der Waals surface area (Å²) in [6.07, 6.45) is 1.48. The maximum Gasteiger partial charge on any atom is 0.252 e. The second-order valence-electron chi connectivity index (χ2n) is 5.44. The Balaban J connectivity index is 2.24. The lowest BCUT2D eigenvalue weighted by molar-refractivity contribution is 0.0470. The summed E-state index contributed by atoms with van der Waals surface area (Å²) in [4.78, 5) is 16.5. The average Bonchev–Trinajstić information content (AvgIpc) is 2.44. The van der Waals surface area contributed by atoms with Crippen LogP contribution in [0.15, 0.2) is 30.3 Å². The van der Waals surface area contributed by atoms with Crippen molar-refractivity contribution < 1.29 is 9.90 Å². The third-order valence-electron chi connectivity index (χ3n) is 3.35. The predicted octanol–water partition coefficient (Wildman–Crippen LogP) is 3.17. The molecule has 0 fully saturated rings. The number of benzene rings is 1. The van der Waals surface area contributed by atoms with Gasteiger partial charge >= 0.3 is 0 Å². The lowest BCUT2D eigenvalue weighted by Crippen LogP contribution is -2.40. The lowest BCUT2D eigenvalue weighted by Gasteiger charge is -2.23. The quantitative estimate of drug-likeness (QED) is 0.834. The van der Waals surface area contributed by atoms with Gasteiger partial charge in [0.25, 0.3) is 5.91 Å². The molecular formula is C16H19ClN2O2. The Morgan fingerprint density at radius 1 is 1.43 bits per heavy atom. The van der Waals surface area contributed by atoms with Gasteiger partial charge in [-0.15, -0.1) is 0 Å². The first-order valence-corrected chi connectivity index (χ1v) is 7.36. The van der Waals surface area contributed by atoms with E-state index in [2.05, 4.69) is 10.3 Å². The van der Waals surface area contributed by atoms with E-state index in [-0.39, 0.29) is 17.6 Å². The van der Waals surface area contributed by atoms with Crippen LogP contribution in [0.4, 0.5) is 0 Å². The van der Waals surface area contributed by atoms with E-state index in [9.17, 15) is 9.90 Å². The number of aliphatic hydroxyl groups is 1. The molecule has 1 unspecified atom stereocenters. The number of nitrogens with one attached hydrogen (secondary N) is 1. The summed E-state index contributed by atoms with van der Waals surface area (Å²) < 4.78 is 0. The number of carbonyl (C=O) groups excluding carboxylic acids is 1. The van der Waals surface area contributed by atoms with Gasteiger partial charge < -0.3 is 10.4 Å². The normalized spacial score (nSPS) is 13.9. The van der Waals surface area contributed by atoms with E-state index in [1.807, 2.05) is 31.2 Å². The highest BCUT2D eigenvalue weighted by atomic mass is 35.5. The number of carbonyl (C=O) groups is 1. The Labute approximate surface area is 129 Å². The number of pyridine rings is 1. The fourth-order valence-corrected chi connectivity index (χ4v) is 2.52. The molecule has 0 aliphatic rings. The molecule has 0 saturated heterocycles. The van der Waals surface area contributed by atoms with Gasteiger partial charge in [0.2, 0.25) is 0 Å². The monoisotopic (exact) mass is 306 g/mol. The van der Waals surface area contributed by atoms with Crippen LogP contribution in [0.5, 0.6) is 0 Å². The molecule has 5 heteroatoms. The van der Waals surface area contributed by atoms with E-state index in [1.165, 1.54) is 0 Å². The number of amides is 1. The molecule has 1 aromatic heterocycles. The average molecular weight is 307 g/mol. The summed E-state index contributed by atoms with van der Waals surface area (Å²) >= 11 is 5.97. The summed E-state index contributed by atoms with van der Waals surface area (Å²) in [5, 5.41) is 13.9. The molecule has 2 N–H and O–H groups in total. The maximum atomic E-state index is 12.4. The van der Waals surface area contributed by atoms with Gasteiger partial charge in [-0.05, 0) is 25.5 Å². The first-order chi connectivity index (χ1) is 9.93. The molecule has 0 aliphatic heterocycles. The molecule has 1 aromatic carbocycles. The molecule has 0 saturated carbocycles. The molecule has 21 heavy (non-hydrogen) atoms. The maximum absolute atomic E-state index is 12.4. The van der Waals surface area contributed by atoms with E-state index in [0.717, 1.165) is 11.8 Å². The van der Waals surface area contributed by atoms with Gasteiger partial charge in [0, 0.05) is 11.9 Å². The van der Waals surface area contributed by atoms with Crippen molar-refractivity contribution in [1.29, 1.82) is 0 Å². The highest BCUT2D eigenvalue weighted by Crippen LogP contribution is 2.21. The van der Waals surface area contributed by atoms with E-state index in [1.54, 1.807) is 13.0 Å². The van der Waals surface area contributed by atoms with Crippen LogP contribution in [-0.2, 0) is 0 Å². The van der Waals surface area contributed by atoms with Crippen LogP contribution in [0, 0.1) is 0 Å². The third-order valence-corrected chi connectivity index (χ3v) is 3.54. The standard InChI is InChI=1S/C16H19ClN2O2/c1-3-8-16(2,21)10-18-15(20)12-9-14(17)19-13-7-5-4-6-11(12)13/h4-7,9,21H,3,8,10H2,1-2H3,(H,18,20). The first-order valence-electron chi connectivity index (χ1n) is 6.99. The van der Waals surface area contributed by atoms with Crippen LogP contribution in [0.2, 0.25) is 5.15 Å².